The Morgan fingerprint density at radius 2 is 2.10 bits per heavy atom. The molecular weight excluding hydrogens is 256 g/mol. The van der Waals surface area contributed by atoms with E-state index in [2.05, 4.69) is 10.6 Å². The highest BCUT2D eigenvalue weighted by Crippen LogP contribution is 2.32. The van der Waals surface area contributed by atoms with E-state index in [0.717, 1.165) is 16.9 Å². The SMILES string of the molecule is CC(C)(CC(N)=O)Nc1cc2c(cc1N)NC(=O)CC2. The molecular formula is C14H20N4O2. The maximum Gasteiger partial charge on any atom is 0.224 e. The Hall–Kier alpha value is -2.24. The molecule has 6 N–H and O–H groups in total. The second-order valence-electron chi connectivity index (χ2n) is 5.80. The van der Waals surface area contributed by atoms with Gasteiger partial charge in [0.1, 0.15) is 0 Å². The summed E-state index contributed by atoms with van der Waals surface area (Å²) < 4.78 is 0. The number of amides is 2. The summed E-state index contributed by atoms with van der Waals surface area (Å²) in [6.07, 6.45) is 1.37. The second kappa shape index (κ2) is 5.03. The summed E-state index contributed by atoms with van der Waals surface area (Å²) in [5, 5.41) is 6.04. The van der Waals surface area contributed by atoms with Crippen LogP contribution in [0.3, 0.4) is 0 Å². The Labute approximate surface area is 117 Å². The zero-order valence-corrected chi connectivity index (χ0v) is 11.7. The number of nitrogens with one attached hydrogen (secondary N) is 2. The number of hydrogen-bond donors (Lipinski definition) is 4. The molecule has 1 heterocycles. The molecule has 108 valence electrons. The van der Waals surface area contributed by atoms with Crippen LogP contribution >= 0.6 is 0 Å². The molecule has 0 unspecified atom stereocenters. The average molecular weight is 276 g/mol. The number of carbonyl (C=O) groups is 2. The fourth-order valence-corrected chi connectivity index (χ4v) is 2.40. The van der Waals surface area contributed by atoms with E-state index < -0.39 is 5.54 Å². The van der Waals surface area contributed by atoms with Gasteiger partial charge in [-0.2, -0.15) is 0 Å². The van der Waals surface area contributed by atoms with Crippen molar-refractivity contribution in [2.24, 2.45) is 5.73 Å². The third-order valence-corrected chi connectivity index (χ3v) is 3.26. The van der Waals surface area contributed by atoms with Crippen LogP contribution in [0.1, 0.15) is 32.3 Å². The minimum atomic E-state index is -0.480. The molecule has 0 saturated heterocycles. The van der Waals surface area contributed by atoms with Gasteiger partial charge in [-0.25, -0.2) is 0 Å². The van der Waals surface area contributed by atoms with Crippen molar-refractivity contribution in [3.63, 3.8) is 0 Å². The van der Waals surface area contributed by atoms with Crippen molar-refractivity contribution < 1.29 is 9.59 Å². The highest BCUT2D eigenvalue weighted by Gasteiger charge is 2.23. The topological polar surface area (TPSA) is 110 Å². The van der Waals surface area contributed by atoms with Crippen LogP contribution in [0.5, 0.6) is 0 Å². The lowest BCUT2D eigenvalue weighted by atomic mass is 9.97. The number of aryl methyl sites for hydroxylation is 1. The van der Waals surface area contributed by atoms with Gasteiger partial charge in [-0.15, -0.1) is 0 Å². The van der Waals surface area contributed by atoms with Gasteiger partial charge in [0.05, 0.1) is 11.4 Å². The van der Waals surface area contributed by atoms with Crippen molar-refractivity contribution in [2.75, 3.05) is 16.4 Å². The molecule has 1 aliphatic rings. The van der Waals surface area contributed by atoms with Crippen molar-refractivity contribution in [3.05, 3.63) is 17.7 Å². The van der Waals surface area contributed by atoms with Gasteiger partial charge in [0, 0.05) is 24.1 Å². The average Bonchev–Trinajstić information content (AvgIpc) is 2.28. The minimum Gasteiger partial charge on any atom is -0.397 e. The fourth-order valence-electron chi connectivity index (χ4n) is 2.40. The lowest BCUT2D eigenvalue weighted by Crippen LogP contribution is -2.36. The molecule has 1 aromatic rings. The zero-order chi connectivity index (χ0) is 14.9. The molecule has 0 fully saturated rings. The molecule has 1 aromatic carbocycles. The van der Waals surface area contributed by atoms with Crippen LogP contribution in [0.4, 0.5) is 17.1 Å². The van der Waals surface area contributed by atoms with E-state index in [0.29, 0.717) is 18.5 Å². The van der Waals surface area contributed by atoms with Crippen molar-refractivity contribution in [3.8, 4) is 0 Å². The Morgan fingerprint density at radius 3 is 2.75 bits per heavy atom. The van der Waals surface area contributed by atoms with Crippen LogP contribution in [-0.2, 0) is 16.0 Å². The molecule has 6 nitrogen and oxygen atoms in total. The van der Waals surface area contributed by atoms with Gasteiger partial charge in [0.25, 0.3) is 0 Å². The van der Waals surface area contributed by atoms with E-state index >= 15 is 0 Å². The van der Waals surface area contributed by atoms with Crippen molar-refractivity contribution in [1.29, 1.82) is 0 Å². The van der Waals surface area contributed by atoms with Gasteiger partial charge in [-0.1, -0.05) is 0 Å². The molecule has 0 aliphatic carbocycles. The Bertz CT molecular complexity index is 567. The van der Waals surface area contributed by atoms with Gasteiger partial charge in [0.2, 0.25) is 11.8 Å². The first-order valence-electron chi connectivity index (χ1n) is 6.55. The van der Waals surface area contributed by atoms with E-state index in [9.17, 15) is 9.59 Å². The zero-order valence-electron chi connectivity index (χ0n) is 11.7. The number of nitrogens with two attached hydrogens (primary N) is 2. The normalized spacial score (nSPS) is 14.4. The first-order chi connectivity index (χ1) is 9.27. The smallest absolute Gasteiger partial charge is 0.224 e. The van der Waals surface area contributed by atoms with E-state index in [1.807, 2.05) is 19.9 Å². The van der Waals surface area contributed by atoms with E-state index in [-0.39, 0.29) is 18.2 Å². The molecule has 6 heteroatoms. The summed E-state index contributed by atoms with van der Waals surface area (Å²) in [5.41, 5.74) is 13.8. The van der Waals surface area contributed by atoms with E-state index in [1.54, 1.807) is 6.07 Å². The van der Waals surface area contributed by atoms with Crippen LogP contribution in [0.15, 0.2) is 12.1 Å². The summed E-state index contributed by atoms with van der Waals surface area (Å²) in [6, 6.07) is 3.67. The van der Waals surface area contributed by atoms with Crippen molar-refractivity contribution >= 4 is 28.9 Å². The number of anilines is 3. The van der Waals surface area contributed by atoms with Gasteiger partial charge < -0.3 is 22.1 Å². The highest BCUT2D eigenvalue weighted by atomic mass is 16.2. The molecule has 0 bridgehead atoms. The second-order valence-corrected chi connectivity index (χ2v) is 5.80. The fraction of sp³-hybridized carbons (Fsp3) is 0.429. The summed E-state index contributed by atoms with van der Waals surface area (Å²) in [5.74, 6) is -0.363. The largest absolute Gasteiger partial charge is 0.397 e. The van der Waals surface area contributed by atoms with Crippen LogP contribution in [0.2, 0.25) is 0 Å². The molecule has 0 aromatic heterocycles. The molecule has 2 rings (SSSR count). The lowest BCUT2D eigenvalue weighted by Gasteiger charge is -2.28. The third-order valence-electron chi connectivity index (χ3n) is 3.26. The van der Waals surface area contributed by atoms with Gasteiger partial charge in [0.15, 0.2) is 0 Å². The summed E-state index contributed by atoms with van der Waals surface area (Å²) >= 11 is 0. The number of nitrogen functional groups attached to an aromatic ring is 1. The molecule has 20 heavy (non-hydrogen) atoms. The Kier molecular flexibility index (Phi) is 3.57. The number of benzene rings is 1. The molecule has 0 spiro atoms. The lowest BCUT2D eigenvalue weighted by molar-refractivity contribution is -0.119. The molecule has 0 atom stereocenters. The first kappa shape index (κ1) is 14.2. The van der Waals surface area contributed by atoms with Crippen LogP contribution in [0.25, 0.3) is 0 Å². The standard InChI is InChI=1S/C14H20N4O2/c1-14(2,7-12(16)19)18-11-5-8-3-4-13(20)17-10(8)6-9(11)15/h5-6,18H,3-4,7,15H2,1-2H3,(H2,16,19)(H,17,20). The van der Waals surface area contributed by atoms with Gasteiger partial charge >= 0.3 is 0 Å². The summed E-state index contributed by atoms with van der Waals surface area (Å²) in [6.45, 7) is 3.77. The van der Waals surface area contributed by atoms with Gasteiger partial charge in [-0.3, -0.25) is 9.59 Å². The van der Waals surface area contributed by atoms with Crippen LogP contribution in [-0.4, -0.2) is 17.4 Å². The maximum atomic E-state index is 11.4. The summed E-state index contributed by atoms with van der Waals surface area (Å²) in [4.78, 5) is 22.4. The van der Waals surface area contributed by atoms with Crippen molar-refractivity contribution in [2.45, 2.75) is 38.6 Å². The minimum absolute atomic E-state index is 0.00617. The number of hydrogen-bond acceptors (Lipinski definition) is 4. The van der Waals surface area contributed by atoms with E-state index in [1.165, 1.54) is 0 Å². The summed E-state index contributed by atoms with van der Waals surface area (Å²) in [7, 11) is 0. The Balaban J connectivity index is 2.25. The third kappa shape index (κ3) is 3.20. The predicted octanol–water partition coefficient (Wildman–Crippen LogP) is 1.22. The molecule has 1 aliphatic heterocycles. The maximum absolute atomic E-state index is 11.4. The number of fused-ring (bicyclic) bond motifs is 1. The quantitative estimate of drug-likeness (QED) is 0.620. The van der Waals surface area contributed by atoms with Crippen LogP contribution in [0, 0.1) is 0 Å². The van der Waals surface area contributed by atoms with Gasteiger partial charge in [-0.05, 0) is 38.0 Å². The number of primary amides is 1. The molecule has 0 saturated carbocycles. The van der Waals surface area contributed by atoms with Crippen molar-refractivity contribution in [1.82, 2.24) is 0 Å². The highest BCUT2D eigenvalue weighted by molar-refractivity contribution is 5.95. The number of carbonyl (C=O) groups excluding carboxylic acids is 2. The molecule has 2 amide bonds. The monoisotopic (exact) mass is 276 g/mol. The van der Waals surface area contributed by atoms with Crippen LogP contribution < -0.4 is 22.1 Å². The predicted molar refractivity (Wildman–Crippen MR) is 79.3 cm³/mol. The van der Waals surface area contributed by atoms with E-state index in [4.69, 9.17) is 11.5 Å². The first-order valence-corrected chi connectivity index (χ1v) is 6.55. The Morgan fingerprint density at radius 1 is 1.40 bits per heavy atom. The number of rotatable bonds is 4. The molecule has 0 radical (unpaired) electrons.